The molecular weight excluding hydrogens is 847 g/mol. The van der Waals surface area contributed by atoms with Crippen molar-refractivity contribution >= 4 is 51.2 Å². The van der Waals surface area contributed by atoms with Gasteiger partial charge in [-0.25, -0.2) is 9.97 Å². The molecule has 0 saturated carbocycles. The summed E-state index contributed by atoms with van der Waals surface area (Å²) in [7, 11) is 0. The second-order valence-corrected chi connectivity index (χ2v) is 14.4. The van der Waals surface area contributed by atoms with Crippen LogP contribution in [0.4, 0.5) is 17.5 Å². The molecule has 4 aromatic carbocycles. The summed E-state index contributed by atoms with van der Waals surface area (Å²) in [6.45, 7) is 14.7. The summed E-state index contributed by atoms with van der Waals surface area (Å²) in [5.41, 5.74) is 5.11. The third-order valence-electron chi connectivity index (χ3n) is 8.23. The van der Waals surface area contributed by atoms with E-state index in [9.17, 15) is 0 Å². The van der Waals surface area contributed by atoms with Gasteiger partial charge in [0.2, 0.25) is 5.95 Å². The van der Waals surface area contributed by atoms with Crippen LogP contribution in [0.15, 0.2) is 126 Å². The smallest absolute Gasteiger partial charge is 0.237 e. The van der Waals surface area contributed by atoms with Crippen LogP contribution in [-0.4, -0.2) is 30.7 Å². The molecule has 9 heteroatoms. The van der Waals surface area contributed by atoms with Crippen LogP contribution >= 0.6 is 0 Å². The Hall–Kier alpha value is -5.50. The largest absolute Gasteiger partial charge is 0.811 e. The molecule has 0 amide bonds. The van der Waals surface area contributed by atoms with E-state index >= 15 is 0 Å². The predicted molar refractivity (Wildman–Crippen MR) is 219 cm³/mol. The molecule has 1 radical (unpaired) electrons. The van der Waals surface area contributed by atoms with E-state index in [0.29, 0.717) is 11.8 Å². The number of hydrogen-bond acceptors (Lipinski definition) is 6. The molecule has 0 aliphatic heterocycles. The quantitative estimate of drug-likeness (QED) is 0.0899. The van der Waals surface area contributed by atoms with Crippen molar-refractivity contribution in [2.45, 2.75) is 59.3 Å². The SMILES string of the molecule is C/C(=C\C=C/C=[N-])c1[c-]ccc2c1oc1ccccc12.CC(C)(C)c1nc(N(c2[c-]cccc2)c2cn(-c3ccccc3)cn2)nc(C(C)(C)C)n1.[CH3-].[Ir]. The van der Waals surface area contributed by atoms with Crippen LogP contribution < -0.4 is 4.90 Å². The van der Waals surface area contributed by atoms with Gasteiger partial charge in [0.1, 0.15) is 23.6 Å². The molecular formula is C45H45IrN7O-4. The Morgan fingerprint density at radius 3 is 2.09 bits per heavy atom. The summed E-state index contributed by atoms with van der Waals surface area (Å²) in [5.74, 6) is 2.74. The molecule has 0 atom stereocenters. The average Bonchev–Trinajstić information content (AvgIpc) is 3.78. The van der Waals surface area contributed by atoms with Crippen molar-refractivity contribution in [3.63, 3.8) is 0 Å². The molecule has 54 heavy (non-hydrogen) atoms. The molecule has 0 unspecified atom stereocenters. The molecule has 0 aliphatic carbocycles. The number of allylic oxidation sites excluding steroid dienone is 4. The van der Waals surface area contributed by atoms with Crippen LogP contribution in [0.2, 0.25) is 0 Å². The summed E-state index contributed by atoms with van der Waals surface area (Å²) in [5, 5.41) is 10.9. The van der Waals surface area contributed by atoms with Gasteiger partial charge in [-0.15, -0.1) is 41.5 Å². The van der Waals surface area contributed by atoms with Crippen molar-refractivity contribution in [2.24, 2.45) is 0 Å². The number of benzene rings is 4. The number of nitrogens with zero attached hydrogens (tertiary/aromatic N) is 7. The number of imidazole rings is 1. The van der Waals surface area contributed by atoms with E-state index in [4.69, 9.17) is 29.8 Å². The molecule has 0 bridgehead atoms. The van der Waals surface area contributed by atoms with Gasteiger partial charge in [0.25, 0.3) is 0 Å². The third kappa shape index (κ3) is 9.34. The zero-order chi connectivity index (χ0) is 36.9. The normalized spacial score (nSPS) is 11.8. The maximum atomic E-state index is 8.65. The fourth-order valence-electron chi connectivity index (χ4n) is 5.48. The Morgan fingerprint density at radius 2 is 1.44 bits per heavy atom. The van der Waals surface area contributed by atoms with Crippen molar-refractivity contribution in [2.75, 3.05) is 4.90 Å². The third-order valence-corrected chi connectivity index (χ3v) is 8.23. The minimum atomic E-state index is -0.229. The van der Waals surface area contributed by atoms with Gasteiger partial charge in [-0.3, -0.25) is 4.90 Å². The van der Waals surface area contributed by atoms with E-state index < -0.39 is 0 Å². The van der Waals surface area contributed by atoms with Crippen molar-refractivity contribution in [3.05, 3.63) is 164 Å². The van der Waals surface area contributed by atoms with Crippen molar-refractivity contribution in [3.8, 4) is 5.69 Å². The summed E-state index contributed by atoms with van der Waals surface area (Å²) < 4.78 is 7.95. The first-order valence-electron chi connectivity index (χ1n) is 17.2. The van der Waals surface area contributed by atoms with Gasteiger partial charge in [-0.05, 0) is 18.2 Å². The Morgan fingerprint density at radius 1 is 0.778 bits per heavy atom. The standard InChI is InChI=1S/C26H29N6.C18H13NO.CH3.Ir/c1-25(2,3)22-28-23(26(4,5)6)30-24(29-22)32(20-15-11-8-12-16-20)21-17-31(18-27-21)19-13-9-7-10-14-19;1-13(7-4-5-12-19)14-9-6-10-16-15-8-2-3-11-17(15)20-18(14)16;;/h7-15,17-18H,1-6H3;2-8,10-12H,1H3;1H3;/q-1;-2;-1;/b;5-4-,13-7+;;. The number of aromatic nitrogens is 5. The van der Waals surface area contributed by atoms with E-state index in [-0.39, 0.29) is 38.4 Å². The predicted octanol–water partition coefficient (Wildman–Crippen LogP) is 11.4. The van der Waals surface area contributed by atoms with Crippen molar-refractivity contribution in [1.82, 2.24) is 24.5 Å². The van der Waals surface area contributed by atoms with Crippen molar-refractivity contribution in [1.29, 1.82) is 0 Å². The number of para-hydroxylation sites is 3. The average molecular weight is 892 g/mol. The minimum Gasteiger partial charge on any atom is -0.811 e. The zero-order valence-electron chi connectivity index (χ0n) is 32.0. The molecule has 279 valence electrons. The van der Waals surface area contributed by atoms with Gasteiger partial charge in [0.15, 0.2) is 5.82 Å². The van der Waals surface area contributed by atoms with E-state index in [1.807, 2.05) is 114 Å². The Bertz CT molecular complexity index is 2330. The second kappa shape index (κ2) is 17.5. The number of furan rings is 1. The van der Waals surface area contributed by atoms with Crippen LogP contribution in [0.3, 0.4) is 0 Å². The van der Waals surface area contributed by atoms with Gasteiger partial charge < -0.3 is 21.8 Å². The van der Waals surface area contributed by atoms with E-state index in [2.05, 4.69) is 59.7 Å². The summed E-state index contributed by atoms with van der Waals surface area (Å²) in [6.07, 6.45) is 10.1. The van der Waals surface area contributed by atoms with Crippen molar-refractivity contribution < 1.29 is 24.5 Å². The van der Waals surface area contributed by atoms with E-state index in [1.54, 1.807) is 18.5 Å². The van der Waals surface area contributed by atoms with Crippen LogP contribution in [0, 0.1) is 19.6 Å². The summed E-state index contributed by atoms with van der Waals surface area (Å²) in [6, 6.07) is 36.4. The second-order valence-electron chi connectivity index (χ2n) is 14.4. The fraction of sp³-hybridized carbons (Fsp3) is 0.200. The first kappa shape index (κ1) is 41.3. The molecule has 7 rings (SSSR count). The number of anilines is 3. The molecule has 8 nitrogen and oxygen atoms in total. The fourth-order valence-corrected chi connectivity index (χ4v) is 5.48. The number of rotatable bonds is 7. The molecule has 0 spiro atoms. The van der Waals surface area contributed by atoms with Gasteiger partial charge in [-0.1, -0.05) is 108 Å². The van der Waals surface area contributed by atoms with Gasteiger partial charge in [-0.2, -0.15) is 40.4 Å². The maximum absolute atomic E-state index is 8.65. The molecule has 3 heterocycles. The van der Waals surface area contributed by atoms with Crippen LogP contribution in [0.5, 0.6) is 0 Å². The summed E-state index contributed by atoms with van der Waals surface area (Å²) in [4.78, 5) is 21.2. The van der Waals surface area contributed by atoms with Gasteiger partial charge in [0, 0.05) is 47.6 Å². The molecule has 0 fully saturated rings. The number of fused-ring (bicyclic) bond motifs is 3. The van der Waals surface area contributed by atoms with Crippen LogP contribution in [-0.2, 0) is 30.9 Å². The Balaban J connectivity index is 0.000000255. The number of hydrogen-bond donors (Lipinski definition) is 0. The molecule has 0 saturated heterocycles. The zero-order valence-corrected chi connectivity index (χ0v) is 34.4. The van der Waals surface area contributed by atoms with Gasteiger partial charge >= 0.3 is 0 Å². The van der Waals surface area contributed by atoms with E-state index in [1.165, 1.54) is 0 Å². The Labute approximate surface area is 332 Å². The van der Waals surface area contributed by atoms with E-state index in [0.717, 1.165) is 62.3 Å². The summed E-state index contributed by atoms with van der Waals surface area (Å²) >= 11 is 0. The molecule has 7 aromatic rings. The van der Waals surface area contributed by atoms with Crippen LogP contribution in [0.1, 0.15) is 65.7 Å². The molecule has 0 aliphatic rings. The Kier molecular flexibility index (Phi) is 13.4. The van der Waals surface area contributed by atoms with Crippen LogP contribution in [0.25, 0.3) is 38.6 Å². The maximum Gasteiger partial charge on any atom is 0.237 e. The van der Waals surface area contributed by atoms with Gasteiger partial charge in [0.05, 0.1) is 6.20 Å². The minimum absolute atomic E-state index is 0. The first-order chi connectivity index (χ1) is 24.9. The molecule has 0 N–H and O–H groups in total. The molecule has 3 aromatic heterocycles. The monoisotopic (exact) mass is 892 g/mol. The topological polar surface area (TPSA) is 95.2 Å². The first-order valence-corrected chi connectivity index (χ1v) is 17.2.